The lowest BCUT2D eigenvalue weighted by Gasteiger charge is -2.21. The molecule has 1 aromatic heterocycles. The first-order chi connectivity index (χ1) is 10.7. The van der Waals surface area contributed by atoms with E-state index in [-0.39, 0.29) is 13.2 Å². The SMILES string of the molecule is Cc1nn(-c2ccccc2)c(C)c1CN(CCO)CCCO. The van der Waals surface area contributed by atoms with Gasteiger partial charge >= 0.3 is 0 Å². The van der Waals surface area contributed by atoms with E-state index in [4.69, 9.17) is 5.11 Å². The van der Waals surface area contributed by atoms with Gasteiger partial charge in [-0.25, -0.2) is 4.68 Å². The van der Waals surface area contributed by atoms with Gasteiger partial charge in [-0.15, -0.1) is 0 Å². The molecule has 5 nitrogen and oxygen atoms in total. The summed E-state index contributed by atoms with van der Waals surface area (Å²) in [6.45, 7) is 6.50. The summed E-state index contributed by atoms with van der Waals surface area (Å²) >= 11 is 0. The molecule has 120 valence electrons. The van der Waals surface area contributed by atoms with E-state index in [1.165, 1.54) is 5.56 Å². The van der Waals surface area contributed by atoms with Gasteiger partial charge in [0.25, 0.3) is 0 Å². The highest BCUT2D eigenvalue weighted by Crippen LogP contribution is 2.19. The minimum Gasteiger partial charge on any atom is -0.396 e. The molecule has 0 unspecified atom stereocenters. The van der Waals surface area contributed by atoms with Gasteiger partial charge in [-0.3, -0.25) is 4.90 Å². The molecule has 2 aromatic rings. The fourth-order valence-electron chi connectivity index (χ4n) is 2.65. The van der Waals surface area contributed by atoms with Crippen LogP contribution in [0.3, 0.4) is 0 Å². The number of hydrogen-bond acceptors (Lipinski definition) is 4. The van der Waals surface area contributed by atoms with Crippen molar-refractivity contribution in [3.8, 4) is 5.69 Å². The van der Waals surface area contributed by atoms with Gasteiger partial charge in [0.2, 0.25) is 0 Å². The molecule has 2 N–H and O–H groups in total. The Morgan fingerprint density at radius 2 is 1.77 bits per heavy atom. The summed E-state index contributed by atoms with van der Waals surface area (Å²) in [5.74, 6) is 0. The van der Waals surface area contributed by atoms with Crippen LogP contribution in [-0.4, -0.2) is 51.2 Å². The number of hydrogen-bond donors (Lipinski definition) is 2. The number of aryl methyl sites for hydroxylation is 1. The van der Waals surface area contributed by atoms with Crippen molar-refractivity contribution >= 4 is 0 Å². The number of benzene rings is 1. The normalized spacial score (nSPS) is 11.3. The van der Waals surface area contributed by atoms with Gasteiger partial charge in [-0.05, 0) is 32.4 Å². The van der Waals surface area contributed by atoms with Crippen LogP contribution in [0.2, 0.25) is 0 Å². The van der Waals surface area contributed by atoms with Crippen LogP contribution < -0.4 is 0 Å². The van der Waals surface area contributed by atoms with Crippen molar-refractivity contribution in [2.75, 3.05) is 26.3 Å². The summed E-state index contributed by atoms with van der Waals surface area (Å²) in [6, 6.07) is 10.1. The number of nitrogens with zero attached hydrogens (tertiary/aromatic N) is 3. The molecule has 1 heterocycles. The van der Waals surface area contributed by atoms with Gasteiger partial charge in [0, 0.05) is 37.5 Å². The Kier molecular flexibility index (Phi) is 6.12. The average molecular weight is 303 g/mol. The number of aliphatic hydroxyl groups is 2. The van der Waals surface area contributed by atoms with Crippen LogP contribution in [0.15, 0.2) is 30.3 Å². The largest absolute Gasteiger partial charge is 0.396 e. The van der Waals surface area contributed by atoms with Crippen molar-refractivity contribution in [3.05, 3.63) is 47.3 Å². The zero-order chi connectivity index (χ0) is 15.9. The average Bonchev–Trinajstić information content (AvgIpc) is 2.81. The summed E-state index contributed by atoms with van der Waals surface area (Å²) in [6.07, 6.45) is 0.713. The van der Waals surface area contributed by atoms with E-state index in [0.29, 0.717) is 13.0 Å². The predicted octanol–water partition coefficient (Wildman–Crippen LogP) is 1.67. The van der Waals surface area contributed by atoms with Crippen LogP contribution in [0.25, 0.3) is 5.69 Å². The summed E-state index contributed by atoms with van der Waals surface area (Å²) in [5.41, 5.74) is 4.37. The molecule has 0 aliphatic heterocycles. The van der Waals surface area contributed by atoms with Gasteiger partial charge in [0.1, 0.15) is 0 Å². The number of para-hydroxylation sites is 1. The second kappa shape index (κ2) is 8.08. The highest BCUT2D eigenvalue weighted by molar-refractivity contribution is 5.36. The van der Waals surface area contributed by atoms with Crippen molar-refractivity contribution in [3.63, 3.8) is 0 Å². The molecule has 2 rings (SSSR count). The first-order valence-electron chi connectivity index (χ1n) is 7.72. The van der Waals surface area contributed by atoms with Gasteiger partial charge in [0.15, 0.2) is 0 Å². The Hall–Kier alpha value is -1.69. The van der Waals surface area contributed by atoms with Crippen LogP contribution in [-0.2, 0) is 6.54 Å². The van der Waals surface area contributed by atoms with E-state index in [1.54, 1.807) is 0 Å². The maximum Gasteiger partial charge on any atom is 0.0648 e. The molecule has 0 atom stereocenters. The highest BCUT2D eigenvalue weighted by Gasteiger charge is 2.15. The van der Waals surface area contributed by atoms with Crippen molar-refractivity contribution in [1.29, 1.82) is 0 Å². The second-order valence-corrected chi connectivity index (χ2v) is 5.47. The molecule has 0 aliphatic carbocycles. The monoisotopic (exact) mass is 303 g/mol. The van der Waals surface area contributed by atoms with E-state index in [0.717, 1.165) is 30.2 Å². The lowest BCUT2D eigenvalue weighted by Crippen LogP contribution is -2.28. The molecule has 0 bridgehead atoms. The first kappa shape index (κ1) is 16.7. The second-order valence-electron chi connectivity index (χ2n) is 5.47. The maximum absolute atomic E-state index is 9.21. The lowest BCUT2D eigenvalue weighted by atomic mass is 10.1. The molecule has 0 amide bonds. The smallest absolute Gasteiger partial charge is 0.0648 e. The van der Waals surface area contributed by atoms with Crippen LogP contribution in [0, 0.1) is 13.8 Å². The quantitative estimate of drug-likeness (QED) is 0.779. The summed E-state index contributed by atoms with van der Waals surface area (Å²) in [7, 11) is 0. The molecule has 1 aromatic carbocycles. The molecule has 0 saturated carbocycles. The summed E-state index contributed by atoms with van der Waals surface area (Å²) in [4.78, 5) is 2.16. The van der Waals surface area contributed by atoms with Crippen molar-refractivity contribution < 1.29 is 10.2 Å². The molecular formula is C17H25N3O2. The number of rotatable bonds is 8. The summed E-state index contributed by atoms with van der Waals surface area (Å²) < 4.78 is 1.97. The van der Waals surface area contributed by atoms with Gasteiger partial charge in [-0.2, -0.15) is 5.10 Å². The van der Waals surface area contributed by atoms with Crippen LogP contribution in [0.5, 0.6) is 0 Å². The van der Waals surface area contributed by atoms with Gasteiger partial charge in [-0.1, -0.05) is 18.2 Å². The highest BCUT2D eigenvalue weighted by atomic mass is 16.3. The van der Waals surface area contributed by atoms with Crippen molar-refractivity contribution in [2.45, 2.75) is 26.8 Å². The van der Waals surface area contributed by atoms with Crippen LogP contribution in [0.1, 0.15) is 23.4 Å². The number of aliphatic hydroxyl groups excluding tert-OH is 2. The topological polar surface area (TPSA) is 61.5 Å². The zero-order valence-corrected chi connectivity index (χ0v) is 13.4. The van der Waals surface area contributed by atoms with Crippen molar-refractivity contribution in [2.24, 2.45) is 0 Å². The fraction of sp³-hybridized carbons (Fsp3) is 0.471. The van der Waals surface area contributed by atoms with E-state index < -0.39 is 0 Å². The van der Waals surface area contributed by atoms with E-state index in [2.05, 4.69) is 16.9 Å². The Labute approximate surface area is 131 Å². The van der Waals surface area contributed by atoms with Gasteiger partial charge < -0.3 is 10.2 Å². The van der Waals surface area contributed by atoms with E-state index in [1.807, 2.05) is 41.9 Å². The molecule has 0 aliphatic rings. The Morgan fingerprint density at radius 1 is 1.05 bits per heavy atom. The molecule has 5 heteroatoms. The van der Waals surface area contributed by atoms with Gasteiger partial charge in [0.05, 0.1) is 18.0 Å². The Bertz CT molecular complexity index is 581. The van der Waals surface area contributed by atoms with Crippen LogP contribution in [0.4, 0.5) is 0 Å². The third-order valence-electron chi connectivity index (χ3n) is 3.87. The maximum atomic E-state index is 9.21. The predicted molar refractivity (Wildman–Crippen MR) is 87.1 cm³/mol. The Morgan fingerprint density at radius 3 is 2.41 bits per heavy atom. The zero-order valence-electron chi connectivity index (χ0n) is 13.4. The van der Waals surface area contributed by atoms with E-state index >= 15 is 0 Å². The molecular weight excluding hydrogens is 278 g/mol. The third kappa shape index (κ3) is 3.94. The minimum atomic E-state index is 0.121. The fourth-order valence-corrected chi connectivity index (χ4v) is 2.65. The van der Waals surface area contributed by atoms with Crippen LogP contribution >= 0.6 is 0 Å². The van der Waals surface area contributed by atoms with Crippen molar-refractivity contribution in [1.82, 2.24) is 14.7 Å². The Balaban J connectivity index is 2.22. The molecule has 0 spiro atoms. The molecule has 22 heavy (non-hydrogen) atoms. The number of aromatic nitrogens is 2. The molecule has 0 radical (unpaired) electrons. The van der Waals surface area contributed by atoms with E-state index in [9.17, 15) is 5.11 Å². The molecule has 0 fully saturated rings. The minimum absolute atomic E-state index is 0.121. The summed E-state index contributed by atoms with van der Waals surface area (Å²) in [5, 5.41) is 22.9. The lowest BCUT2D eigenvalue weighted by molar-refractivity contribution is 0.174. The molecule has 0 saturated heterocycles. The first-order valence-corrected chi connectivity index (χ1v) is 7.72. The third-order valence-corrected chi connectivity index (χ3v) is 3.87. The standard InChI is InChI=1S/C17H25N3O2/c1-14-17(13-19(10-12-22)9-6-11-21)15(2)20(18-14)16-7-4-3-5-8-16/h3-5,7-8,21-22H,6,9-13H2,1-2H3.